The smallest absolute Gasteiger partial charge is 0.373 e. The minimum absolute atomic E-state index is 0.0784. The Labute approximate surface area is 208 Å². The number of fused-ring (bicyclic) bond motifs is 1. The maximum Gasteiger partial charge on any atom is 0.426 e. The Morgan fingerprint density at radius 1 is 1.11 bits per heavy atom. The van der Waals surface area contributed by atoms with E-state index in [-0.39, 0.29) is 33.4 Å². The van der Waals surface area contributed by atoms with Gasteiger partial charge in [-0.25, -0.2) is 17.6 Å². The number of amides is 1. The van der Waals surface area contributed by atoms with Crippen LogP contribution in [0.15, 0.2) is 45.7 Å². The van der Waals surface area contributed by atoms with Crippen LogP contribution < -0.4 is 15.7 Å². The Hall–Kier alpha value is -3.52. The third-order valence-corrected chi connectivity index (χ3v) is 6.29. The molecule has 0 aliphatic rings. The Morgan fingerprint density at radius 2 is 1.76 bits per heavy atom. The predicted molar refractivity (Wildman–Crippen MR) is 127 cm³/mol. The Morgan fingerprint density at radius 3 is 2.35 bits per heavy atom. The van der Waals surface area contributed by atoms with E-state index in [1.165, 1.54) is 32.9 Å². The number of aliphatic hydroxyl groups is 1. The highest BCUT2D eigenvalue weighted by molar-refractivity contribution is 7.92. The van der Waals surface area contributed by atoms with E-state index in [1.807, 2.05) is 5.32 Å². The van der Waals surface area contributed by atoms with Gasteiger partial charge in [-0.2, -0.15) is 13.2 Å². The molecule has 1 aromatic heterocycles. The molecule has 0 aliphatic carbocycles. The lowest BCUT2D eigenvalue weighted by Gasteiger charge is -2.37. The lowest BCUT2D eigenvalue weighted by molar-refractivity contribution is -0.254. The van der Waals surface area contributed by atoms with E-state index in [0.29, 0.717) is 0 Å². The van der Waals surface area contributed by atoms with E-state index in [4.69, 9.17) is 0 Å². The van der Waals surface area contributed by atoms with Crippen LogP contribution in [0.4, 0.5) is 28.9 Å². The van der Waals surface area contributed by atoms with Gasteiger partial charge in [-0.1, -0.05) is 19.0 Å². The number of carbonyl (C=O) groups is 1. The summed E-state index contributed by atoms with van der Waals surface area (Å²) in [6, 6.07) is 6.34. The molecule has 14 heteroatoms. The largest absolute Gasteiger partial charge is 0.426 e. The minimum atomic E-state index is -5.48. The van der Waals surface area contributed by atoms with Crippen LogP contribution in [0.5, 0.6) is 0 Å². The van der Waals surface area contributed by atoms with E-state index >= 15 is 0 Å². The predicted octanol–water partition coefficient (Wildman–Crippen LogP) is 3.61. The van der Waals surface area contributed by atoms with Crippen LogP contribution in [-0.4, -0.2) is 42.6 Å². The fourth-order valence-corrected chi connectivity index (χ4v) is 4.53. The van der Waals surface area contributed by atoms with Crippen molar-refractivity contribution in [2.45, 2.75) is 44.4 Å². The zero-order valence-corrected chi connectivity index (χ0v) is 20.8. The summed E-state index contributed by atoms with van der Waals surface area (Å²) in [5, 5.41) is 16.6. The summed E-state index contributed by atoms with van der Waals surface area (Å²) >= 11 is 0. The molecule has 0 saturated heterocycles. The number of anilines is 2. The third-order valence-electron chi connectivity index (χ3n) is 5.70. The van der Waals surface area contributed by atoms with Gasteiger partial charge in [-0.15, -0.1) is 0 Å². The number of alkyl halides is 3. The molecule has 9 nitrogen and oxygen atoms in total. The van der Waals surface area contributed by atoms with Gasteiger partial charge in [0, 0.05) is 17.5 Å². The van der Waals surface area contributed by atoms with E-state index in [0.717, 1.165) is 30.5 Å². The lowest BCUT2D eigenvalue weighted by atomic mass is 9.74. The molecule has 2 aromatic carbocycles. The summed E-state index contributed by atoms with van der Waals surface area (Å²) in [5.74, 6) is -2.71. The molecule has 3 N–H and O–H groups in total. The maximum atomic E-state index is 14.2. The van der Waals surface area contributed by atoms with Gasteiger partial charge in [0.1, 0.15) is 5.82 Å². The monoisotopic (exact) mass is 545 g/mol. The molecule has 3 aromatic rings. The molecule has 1 unspecified atom stereocenters. The number of sulfonamides is 1. The Bertz CT molecular complexity index is 1540. The zero-order chi connectivity index (χ0) is 28.0. The fourth-order valence-electron chi connectivity index (χ4n) is 3.95. The van der Waals surface area contributed by atoms with Crippen LogP contribution in [0.25, 0.3) is 10.8 Å². The van der Waals surface area contributed by atoms with Gasteiger partial charge in [0.15, 0.2) is 0 Å². The fraction of sp³-hybridized carbons (Fsp3) is 0.348. The average molecular weight is 546 g/mol. The lowest BCUT2D eigenvalue weighted by Crippen LogP contribution is -2.57. The first-order valence-corrected chi connectivity index (χ1v) is 12.5. The van der Waals surface area contributed by atoms with Crippen molar-refractivity contribution in [1.29, 1.82) is 0 Å². The molecule has 0 bridgehead atoms. The molecular weight excluding hydrogens is 522 g/mol. The van der Waals surface area contributed by atoms with E-state index in [9.17, 15) is 40.7 Å². The van der Waals surface area contributed by atoms with Crippen LogP contribution in [0.2, 0.25) is 0 Å². The number of halogens is 4. The van der Waals surface area contributed by atoms with E-state index in [1.54, 1.807) is 0 Å². The van der Waals surface area contributed by atoms with Gasteiger partial charge in [0.05, 0.1) is 23.0 Å². The second-order valence-electron chi connectivity index (χ2n) is 9.25. The topological polar surface area (TPSA) is 139 Å². The minimum Gasteiger partial charge on any atom is -0.373 e. The number of aromatic nitrogens is 1. The van der Waals surface area contributed by atoms with Crippen molar-refractivity contribution in [2.24, 2.45) is 0 Å². The van der Waals surface area contributed by atoms with Crippen LogP contribution >= 0.6 is 0 Å². The number of nitrogens with one attached hydrogen (secondary N) is 2. The summed E-state index contributed by atoms with van der Waals surface area (Å²) < 4.78 is 86.7. The maximum absolute atomic E-state index is 14.2. The highest BCUT2D eigenvalue weighted by Crippen LogP contribution is 2.44. The molecule has 0 fully saturated rings. The summed E-state index contributed by atoms with van der Waals surface area (Å²) in [7, 11) is -3.90. The number of benzene rings is 2. The number of rotatable bonds is 7. The number of hydrogen-bond donors (Lipinski definition) is 3. The first kappa shape index (κ1) is 28.1. The SMILES string of the molecule is Cc1noc(=O)c2ccc(NC(=O)C(O)(CC(C)(C)c3cc(F)ccc3NS(C)(=O)=O)C(F)(F)F)cc12. The third kappa shape index (κ3) is 5.91. The first-order valence-electron chi connectivity index (χ1n) is 10.6. The van der Waals surface area contributed by atoms with Crippen LogP contribution in [-0.2, 0) is 20.2 Å². The first-order chi connectivity index (χ1) is 16.8. The molecule has 0 aliphatic heterocycles. The highest BCUT2D eigenvalue weighted by Gasteiger charge is 2.61. The molecule has 0 saturated carbocycles. The van der Waals surface area contributed by atoms with Gasteiger partial charge >= 0.3 is 11.8 Å². The summed E-state index contributed by atoms with van der Waals surface area (Å²) in [6.45, 7) is 3.87. The standard InChI is InChI=1S/C23H23F4N3O6S/c1-12-16-10-14(6-7-15(16)19(31)36-29-12)28-20(32)22(33,23(25,26)27)11-21(2,3)17-9-13(24)5-8-18(17)30-37(4,34)35/h5-10,30,33H,11H2,1-4H3,(H,28,32). The molecule has 200 valence electrons. The van der Waals surface area contributed by atoms with Crippen molar-refractivity contribution >= 4 is 38.1 Å². The van der Waals surface area contributed by atoms with Crippen molar-refractivity contribution in [2.75, 3.05) is 16.3 Å². The number of hydrogen-bond acceptors (Lipinski definition) is 7. The number of nitrogens with zero attached hydrogens (tertiary/aromatic N) is 1. The van der Waals surface area contributed by atoms with E-state index in [2.05, 4.69) is 14.4 Å². The van der Waals surface area contributed by atoms with Crippen molar-refractivity contribution in [3.63, 3.8) is 0 Å². The molecule has 1 heterocycles. The molecule has 0 spiro atoms. The quantitative estimate of drug-likeness (QED) is 0.386. The molecule has 1 amide bonds. The summed E-state index contributed by atoms with van der Waals surface area (Å²) in [6.07, 6.45) is -5.98. The van der Waals surface area contributed by atoms with Gasteiger partial charge in [-0.05, 0) is 54.3 Å². The Balaban J connectivity index is 2.03. The second-order valence-corrected chi connectivity index (χ2v) is 11.0. The second kappa shape index (κ2) is 9.41. The highest BCUT2D eigenvalue weighted by atomic mass is 32.2. The van der Waals surface area contributed by atoms with Gasteiger partial charge in [0.25, 0.3) is 5.91 Å². The van der Waals surface area contributed by atoms with Gasteiger partial charge in [0.2, 0.25) is 15.6 Å². The van der Waals surface area contributed by atoms with Crippen molar-refractivity contribution < 1.29 is 40.4 Å². The molecule has 1 atom stereocenters. The van der Waals surface area contributed by atoms with Crippen molar-refractivity contribution in [1.82, 2.24) is 5.16 Å². The normalized spacial score (nSPS) is 14.3. The zero-order valence-electron chi connectivity index (χ0n) is 20.0. The summed E-state index contributed by atoms with van der Waals surface area (Å²) in [4.78, 5) is 24.7. The number of aryl methyl sites for hydroxylation is 1. The van der Waals surface area contributed by atoms with Crippen molar-refractivity contribution in [3.05, 3.63) is 63.9 Å². The summed E-state index contributed by atoms with van der Waals surface area (Å²) in [5.41, 5.74) is -6.92. The molecule has 3 rings (SSSR count). The molecular formula is C23H23F4N3O6S. The van der Waals surface area contributed by atoms with Gasteiger partial charge < -0.3 is 14.9 Å². The molecule has 0 radical (unpaired) electrons. The molecule has 37 heavy (non-hydrogen) atoms. The van der Waals surface area contributed by atoms with Crippen LogP contribution in [0.1, 0.15) is 31.5 Å². The van der Waals surface area contributed by atoms with Crippen LogP contribution in [0.3, 0.4) is 0 Å². The Kier molecular flexibility index (Phi) is 7.14. The number of carbonyl (C=O) groups excluding carboxylic acids is 1. The van der Waals surface area contributed by atoms with Crippen LogP contribution in [0, 0.1) is 12.7 Å². The average Bonchev–Trinajstić information content (AvgIpc) is 2.75. The van der Waals surface area contributed by atoms with Gasteiger partial charge in [-0.3, -0.25) is 9.52 Å². The van der Waals surface area contributed by atoms with Crippen molar-refractivity contribution in [3.8, 4) is 0 Å². The van der Waals surface area contributed by atoms with E-state index < -0.39 is 51.0 Å².